The highest BCUT2D eigenvalue weighted by atomic mass is 31.1. The van der Waals surface area contributed by atoms with Gasteiger partial charge in [0.1, 0.15) is 0 Å². The molecule has 0 bridgehead atoms. The molecule has 1 atom stereocenters. The van der Waals surface area contributed by atoms with Gasteiger partial charge >= 0.3 is 20.1 Å². The van der Waals surface area contributed by atoms with Crippen molar-refractivity contribution in [2.24, 2.45) is 0 Å². The zero-order chi connectivity index (χ0) is 13.3. The van der Waals surface area contributed by atoms with Crippen molar-refractivity contribution >= 4 is 20.1 Å². The summed E-state index contributed by atoms with van der Waals surface area (Å²) in [4.78, 5) is 33.9. The van der Waals surface area contributed by atoms with Gasteiger partial charge in [-0.25, -0.2) is 4.79 Å². The average molecular weight is 265 g/mol. The second kappa shape index (κ2) is 8.90. The molecular formula is C9H16NO6P. The number of esters is 1. The van der Waals surface area contributed by atoms with Crippen LogP contribution in [-0.2, 0) is 18.8 Å². The van der Waals surface area contributed by atoms with E-state index in [1.54, 1.807) is 13.8 Å². The molecular weight excluding hydrogens is 249 g/mol. The molecule has 0 aliphatic heterocycles. The quantitative estimate of drug-likeness (QED) is 0.490. The lowest BCUT2D eigenvalue weighted by Crippen LogP contribution is -2.34. The predicted molar refractivity (Wildman–Crippen MR) is 57.5 cm³/mol. The van der Waals surface area contributed by atoms with E-state index in [0.29, 0.717) is 0 Å². The lowest BCUT2D eigenvalue weighted by molar-refractivity contribution is -0.166. The van der Waals surface area contributed by atoms with E-state index < -0.39 is 26.4 Å². The molecule has 0 aliphatic carbocycles. The zero-order valence-electron chi connectivity index (χ0n) is 9.88. The second-order valence-corrected chi connectivity index (χ2v) is 3.94. The van der Waals surface area contributed by atoms with Gasteiger partial charge in [0, 0.05) is 6.54 Å². The molecule has 7 nitrogen and oxygen atoms in total. The highest BCUT2D eigenvalue weighted by Gasteiger charge is 2.21. The first kappa shape index (κ1) is 15.8. The van der Waals surface area contributed by atoms with Crippen LogP contribution in [0.4, 0.5) is 4.79 Å². The number of hydrogen-bond donors (Lipinski definition) is 0. The second-order valence-electron chi connectivity index (χ2n) is 2.99. The molecule has 98 valence electrons. The highest BCUT2D eigenvalue weighted by Crippen LogP contribution is 2.11. The van der Waals surface area contributed by atoms with Crippen molar-refractivity contribution in [1.29, 1.82) is 0 Å². The molecule has 1 unspecified atom stereocenters. The fourth-order valence-electron chi connectivity index (χ4n) is 1.03. The monoisotopic (exact) mass is 265 g/mol. The third-order valence-corrected chi connectivity index (χ3v) is 2.28. The third-order valence-electron chi connectivity index (χ3n) is 1.70. The van der Waals surface area contributed by atoms with Crippen LogP contribution >= 0.6 is 8.03 Å². The largest absolute Gasteiger partial charge is 0.594 e. The number of nitrogens with zero attached hydrogens (tertiary/aromatic N) is 1. The summed E-state index contributed by atoms with van der Waals surface area (Å²) >= 11 is 0. The molecule has 1 amide bonds. The summed E-state index contributed by atoms with van der Waals surface area (Å²) in [6.07, 6.45) is -1.28. The average Bonchev–Trinajstić information content (AvgIpc) is 2.24. The zero-order valence-corrected chi connectivity index (χ0v) is 10.8. The van der Waals surface area contributed by atoms with Crippen molar-refractivity contribution in [1.82, 2.24) is 4.90 Å². The van der Waals surface area contributed by atoms with Crippen molar-refractivity contribution in [3.63, 3.8) is 0 Å². The summed E-state index contributed by atoms with van der Waals surface area (Å²) in [6, 6.07) is 0. The Morgan fingerprint density at radius 3 is 2.29 bits per heavy atom. The molecule has 0 aromatic carbocycles. The minimum atomic E-state index is -2.75. The summed E-state index contributed by atoms with van der Waals surface area (Å²) in [6.45, 7) is 3.62. The van der Waals surface area contributed by atoms with E-state index in [9.17, 15) is 19.0 Å². The van der Waals surface area contributed by atoms with Crippen LogP contribution in [0.25, 0.3) is 0 Å². The van der Waals surface area contributed by atoms with Crippen molar-refractivity contribution < 1.29 is 28.5 Å². The van der Waals surface area contributed by atoms with Gasteiger partial charge in [-0.15, -0.1) is 0 Å². The van der Waals surface area contributed by atoms with E-state index >= 15 is 0 Å². The molecule has 0 N–H and O–H groups in total. The van der Waals surface area contributed by atoms with Gasteiger partial charge in [0.15, 0.2) is 0 Å². The van der Waals surface area contributed by atoms with Crippen LogP contribution in [0, 0.1) is 0 Å². The smallest absolute Gasteiger partial charge is 0.413 e. The van der Waals surface area contributed by atoms with Crippen molar-refractivity contribution in [2.75, 3.05) is 26.0 Å². The summed E-state index contributed by atoms with van der Waals surface area (Å²) in [7, 11) is -2.75. The van der Waals surface area contributed by atoms with E-state index in [4.69, 9.17) is 0 Å². The molecule has 0 aromatic heterocycles. The van der Waals surface area contributed by atoms with Crippen LogP contribution in [-0.4, -0.2) is 43.0 Å². The van der Waals surface area contributed by atoms with Gasteiger partial charge in [-0.2, -0.15) is 0 Å². The fraction of sp³-hybridized carbons (Fsp3) is 0.778. The van der Waals surface area contributed by atoms with Gasteiger partial charge < -0.3 is 14.4 Å². The standard InChI is InChI=1S/C9H16NO6P/c1-3-15-8(11)5-6-10(7-17(13)14)9(12)16-4-2/h3-7H2,1-2H3. The maximum Gasteiger partial charge on any atom is 0.413 e. The Kier molecular flexibility index (Phi) is 8.27. The Labute approximate surface area is 101 Å². The van der Waals surface area contributed by atoms with Crippen LogP contribution in [0.1, 0.15) is 20.3 Å². The number of amides is 1. The number of hydrogen-bond acceptors (Lipinski definition) is 6. The molecule has 0 heterocycles. The van der Waals surface area contributed by atoms with Crippen molar-refractivity contribution in [2.45, 2.75) is 20.3 Å². The summed E-state index contributed by atoms with van der Waals surface area (Å²) in [5, 5.41) is 0. The summed E-state index contributed by atoms with van der Waals surface area (Å²) in [5.41, 5.74) is 0. The third kappa shape index (κ3) is 7.65. The number of ether oxygens (including phenoxy) is 2. The van der Waals surface area contributed by atoms with Crippen molar-refractivity contribution in [3.05, 3.63) is 0 Å². The number of carbonyl (C=O) groups is 2. The first-order valence-corrected chi connectivity index (χ1v) is 6.56. The highest BCUT2D eigenvalue weighted by molar-refractivity contribution is 7.36. The Bertz CT molecular complexity index is 283. The van der Waals surface area contributed by atoms with E-state index in [1.807, 2.05) is 0 Å². The number of rotatable bonds is 7. The molecule has 0 rings (SSSR count). The maximum atomic E-state index is 11.3. The predicted octanol–water partition coefficient (Wildman–Crippen LogP) is 0.458. The molecule has 0 fully saturated rings. The minimum absolute atomic E-state index is 0.0407. The molecule has 0 aliphatic rings. The molecule has 17 heavy (non-hydrogen) atoms. The molecule has 0 saturated carbocycles. The Morgan fingerprint density at radius 1 is 1.24 bits per heavy atom. The maximum absolute atomic E-state index is 11.3. The Balaban J connectivity index is 4.23. The van der Waals surface area contributed by atoms with E-state index in [-0.39, 0.29) is 26.2 Å². The van der Waals surface area contributed by atoms with Gasteiger partial charge in [-0.05, 0) is 13.8 Å². The first-order chi connectivity index (χ1) is 8.01. The van der Waals surface area contributed by atoms with Gasteiger partial charge in [0.25, 0.3) is 0 Å². The Hall–Kier alpha value is -1.20. The summed E-state index contributed by atoms with van der Waals surface area (Å²) < 4.78 is 19.9. The summed E-state index contributed by atoms with van der Waals surface area (Å²) in [5.74, 6) is -0.483. The van der Waals surface area contributed by atoms with E-state index in [1.165, 1.54) is 0 Å². The van der Waals surface area contributed by atoms with Crippen LogP contribution in [0.2, 0.25) is 0 Å². The number of carbonyl (C=O) groups excluding carboxylic acids is 2. The SMILES string of the molecule is CCOC(=O)CCN(C[P+](=O)[O-])C(=O)OCC. The lowest BCUT2D eigenvalue weighted by atomic mass is 10.4. The minimum Gasteiger partial charge on any atom is -0.594 e. The molecule has 0 spiro atoms. The normalized spacial score (nSPS) is 10.6. The first-order valence-electron chi connectivity index (χ1n) is 5.20. The lowest BCUT2D eigenvalue weighted by Gasteiger charge is -2.17. The topological polar surface area (TPSA) is 96.0 Å². The van der Waals surface area contributed by atoms with Crippen LogP contribution in [0.3, 0.4) is 0 Å². The molecule has 8 heteroatoms. The van der Waals surface area contributed by atoms with Gasteiger partial charge in [0.2, 0.25) is 6.29 Å². The van der Waals surface area contributed by atoms with E-state index in [0.717, 1.165) is 4.90 Å². The van der Waals surface area contributed by atoms with Gasteiger partial charge in [-0.1, -0.05) is 4.57 Å². The van der Waals surface area contributed by atoms with Gasteiger partial charge in [-0.3, -0.25) is 9.69 Å². The van der Waals surface area contributed by atoms with Crippen LogP contribution in [0.15, 0.2) is 0 Å². The molecule has 0 saturated heterocycles. The molecule has 0 radical (unpaired) electrons. The van der Waals surface area contributed by atoms with Gasteiger partial charge in [0.05, 0.1) is 19.6 Å². The van der Waals surface area contributed by atoms with Crippen molar-refractivity contribution in [3.8, 4) is 0 Å². The van der Waals surface area contributed by atoms with Crippen LogP contribution < -0.4 is 4.89 Å². The van der Waals surface area contributed by atoms with E-state index in [2.05, 4.69) is 9.47 Å². The fourth-order valence-corrected chi connectivity index (χ4v) is 1.57. The van der Waals surface area contributed by atoms with Crippen LogP contribution in [0.5, 0.6) is 0 Å². The Morgan fingerprint density at radius 2 is 1.82 bits per heavy atom. The molecule has 0 aromatic rings.